The summed E-state index contributed by atoms with van der Waals surface area (Å²) in [6.45, 7) is -0.686. The van der Waals surface area contributed by atoms with Crippen molar-refractivity contribution in [1.82, 2.24) is 4.57 Å². The second kappa shape index (κ2) is 4.47. The first kappa shape index (κ1) is 13.2. The third-order valence-corrected chi connectivity index (χ3v) is 3.75. The Kier molecular flexibility index (Phi) is 3.29. The number of rotatable bonds is 3. The minimum atomic E-state index is -4.12. The van der Waals surface area contributed by atoms with Gasteiger partial charge in [-0.2, -0.15) is 0 Å². The van der Waals surface area contributed by atoms with E-state index in [2.05, 4.69) is 0 Å². The molecular weight excluding hydrogens is 291 g/mol. The maximum atomic E-state index is 13.1. The average Bonchev–Trinajstić information content (AvgIpc) is 2.55. The summed E-state index contributed by atoms with van der Waals surface area (Å²) >= 11 is 0. The van der Waals surface area contributed by atoms with Gasteiger partial charge in [0.15, 0.2) is 0 Å². The van der Waals surface area contributed by atoms with Gasteiger partial charge in [-0.1, -0.05) is 0 Å². The zero-order valence-electron chi connectivity index (χ0n) is 8.78. The highest BCUT2D eigenvalue weighted by Gasteiger charge is 2.20. The molecule has 98 valence electrons. The maximum absolute atomic E-state index is 13.1. The lowest BCUT2D eigenvalue weighted by molar-refractivity contribution is 0.128. The fraction of sp³-hybridized carbons (Fsp3) is 0.200. The van der Waals surface area contributed by atoms with Crippen molar-refractivity contribution in [2.75, 3.05) is 0 Å². The van der Waals surface area contributed by atoms with Crippen LogP contribution < -0.4 is 0 Å². The Morgan fingerprint density at radius 1 is 1.33 bits per heavy atom. The van der Waals surface area contributed by atoms with E-state index >= 15 is 0 Å². The fourth-order valence-electron chi connectivity index (χ4n) is 1.73. The first-order valence-corrected chi connectivity index (χ1v) is 7.11. The van der Waals surface area contributed by atoms with E-state index in [1.165, 1.54) is 6.07 Å². The highest BCUT2D eigenvalue weighted by molar-refractivity contribution is 8.14. The predicted octanol–water partition coefficient (Wildman–Crippen LogP) is 2.97. The molecule has 8 heteroatoms. The van der Waals surface area contributed by atoms with Crippen LogP contribution in [0.5, 0.6) is 0 Å². The summed E-state index contributed by atoms with van der Waals surface area (Å²) in [5.74, 6) is -0.668. The number of fused-ring (bicyclic) bond motifs is 1. The number of nitrogens with zero attached hydrogens (tertiary/aromatic N) is 1. The van der Waals surface area contributed by atoms with Gasteiger partial charge in [-0.3, -0.25) is 0 Å². The molecular formula is C10H7ClF3NO2S. The van der Waals surface area contributed by atoms with Crippen molar-refractivity contribution in [2.45, 2.75) is 17.9 Å². The zero-order valence-corrected chi connectivity index (χ0v) is 10.4. The Balaban J connectivity index is 2.75. The van der Waals surface area contributed by atoms with Crippen LogP contribution in [-0.2, 0) is 15.6 Å². The molecule has 3 nitrogen and oxygen atoms in total. The minimum Gasteiger partial charge on any atom is -0.340 e. The molecule has 0 bridgehead atoms. The smallest absolute Gasteiger partial charge is 0.263 e. The van der Waals surface area contributed by atoms with Crippen LogP contribution in [0.2, 0.25) is 0 Å². The molecule has 0 saturated carbocycles. The first-order chi connectivity index (χ1) is 8.29. The molecule has 0 aliphatic carbocycles. The van der Waals surface area contributed by atoms with E-state index in [0.29, 0.717) is 0 Å². The molecule has 0 fully saturated rings. The van der Waals surface area contributed by atoms with Crippen molar-refractivity contribution in [3.8, 4) is 0 Å². The molecule has 18 heavy (non-hydrogen) atoms. The number of aromatic nitrogens is 1. The zero-order chi connectivity index (χ0) is 13.5. The van der Waals surface area contributed by atoms with Crippen molar-refractivity contribution in [2.24, 2.45) is 0 Å². The third kappa shape index (κ3) is 2.46. The molecule has 2 aromatic rings. The molecule has 0 amide bonds. The molecule has 0 atom stereocenters. The van der Waals surface area contributed by atoms with E-state index in [-0.39, 0.29) is 15.8 Å². The van der Waals surface area contributed by atoms with E-state index in [0.717, 1.165) is 22.9 Å². The SMILES string of the molecule is O=S(=O)(Cl)c1cn(CC(F)F)c2ccc(F)cc12. The van der Waals surface area contributed by atoms with E-state index in [1.807, 2.05) is 0 Å². The predicted molar refractivity (Wildman–Crippen MR) is 60.9 cm³/mol. The summed E-state index contributed by atoms with van der Waals surface area (Å²) in [5, 5.41) is -0.00866. The third-order valence-electron chi connectivity index (χ3n) is 2.40. The molecule has 0 saturated heterocycles. The van der Waals surface area contributed by atoms with Gasteiger partial charge in [0.1, 0.15) is 10.7 Å². The van der Waals surface area contributed by atoms with E-state index in [4.69, 9.17) is 10.7 Å². The van der Waals surface area contributed by atoms with Crippen LogP contribution in [0, 0.1) is 5.82 Å². The van der Waals surface area contributed by atoms with Crippen LogP contribution in [0.1, 0.15) is 0 Å². The Morgan fingerprint density at radius 2 is 2.00 bits per heavy atom. The van der Waals surface area contributed by atoms with Gasteiger partial charge in [0.2, 0.25) is 0 Å². The Labute approximate surface area is 105 Å². The lowest BCUT2D eigenvalue weighted by atomic mass is 10.2. The summed E-state index contributed by atoms with van der Waals surface area (Å²) < 4.78 is 61.4. The van der Waals surface area contributed by atoms with Crippen LogP contribution in [0.4, 0.5) is 13.2 Å². The maximum Gasteiger partial charge on any atom is 0.263 e. The lowest BCUT2D eigenvalue weighted by Gasteiger charge is -2.03. The topological polar surface area (TPSA) is 39.1 Å². The molecule has 0 aliphatic heterocycles. The highest BCUT2D eigenvalue weighted by atomic mass is 35.7. The van der Waals surface area contributed by atoms with Crippen LogP contribution in [-0.4, -0.2) is 19.4 Å². The van der Waals surface area contributed by atoms with Gasteiger partial charge in [0.25, 0.3) is 15.5 Å². The molecule has 0 spiro atoms. The monoisotopic (exact) mass is 297 g/mol. The molecule has 0 aliphatic rings. The average molecular weight is 298 g/mol. The Morgan fingerprint density at radius 3 is 2.56 bits per heavy atom. The van der Waals surface area contributed by atoms with Crippen molar-refractivity contribution in [1.29, 1.82) is 0 Å². The number of halogens is 4. The first-order valence-electron chi connectivity index (χ1n) is 4.80. The van der Waals surface area contributed by atoms with Crippen LogP contribution in [0.15, 0.2) is 29.3 Å². The largest absolute Gasteiger partial charge is 0.340 e. The van der Waals surface area contributed by atoms with Gasteiger partial charge >= 0.3 is 0 Å². The number of benzene rings is 1. The second-order valence-corrected chi connectivity index (χ2v) is 6.17. The molecule has 0 N–H and O–H groups in total. The summed E-state index contributed by atoms with van der Waals surface area (Å²) in [4.78, 5) is -0.376. The Bertz CT molecular complexity index is 696. The molecule has 1 aromatic heterocycles. The normalized spacial score (nSPS) is 12.5. The molecule has 0 radical (unpaired) electrons. The molecule has 2 rings (SSSR count). The number of hydrogen-bond donors (Lipinski definition) is 0. The van der Waals surface area contributed by atoms with Gasteiger partial charge in [-0.25, -0.2) is 21.6 Å². The molecule has 0 unspecified atom stereocenters. The van der Waals surface area contributed by atoms with E-state index in [1.54, 1.807) is 0 Å². The highest BCUT2D eigenvalue weighted by Crippen LogP contribution is 2.29. The van der Waals surface area contributed by atoms with Gasteiger partial charge in [-0.05, 0) is 18.2 Å². The summed E-state index contributed by atoms with van der Waals surface area (Å²) in [7, 11) is 1.07. The van der Waals surface area contributed by atoms with Crippen LogP contribution in [0.3, 0.4) is 0 Å². The van der Waals surface area contributed by atoms with E-state index < -0.39 is 27.8 Å². The molecule has 1 heterocycles. The summed E-state index contributed by atoms with van der Waals surface area (Å²) in [5.41, 5.74) is 0.191. The summed E-state index contributed by atoms with van der Waals surface area (Å²) in [6.07, 6.45) is -1.67. The van der Waals surface area contributed by atoms with Crippen molar-refractivity contribution in [3.05, 3.63) is 30.2 Å². The van der Waals surface area contributed by atoms with Crippen molar-refractivity contribution < 1.29 is 21.6 Å². The van der Waals surface area contributed by atoms with Gasteiger partial charge < -0.3 is 4.57 Å². The van der Waals surface area contributed by atoms with Crippen molar-refractivity contribution >= 4 is 30.6 Å². The lowest BCUT2D eigenvalue weighted by Crippen LogP contribution is -2.04. The number of hydrogen-bond acceptors (Lipinski definition) is 2. The van der Waals surface area contributed by atoms with Gasteiger partial charge in [0, 0.05) is 27.8 Å². The van der Waals surface area contributed by atoms with E-state index in [9.17, 15) is 21.6 Å². The standard InChI is InChI=1S/C10H7ClF3NO2S/c11-18(16,17)9-4-15(5-10(13)14)8-2-1-6(12)3-7(8)9/h1-4,10H,5H2. The second-order valence-electron chi connectivity index (χ2n) is 3.64. The number of alkyl halides is 2. The van der Waals surface area contributed by atoms with Crippen LogP contribution >= 0.6 is 10.7 Å². The minimum absolute atomic E-state index is 0.00866. The fourth-order valence-corrected chi connectivity index (χ4v) is 2.78. The van der Waals surface area contributed by atoms with Crippen molar-refractivity contribution in [3.63, 3.8) is 0 Å². The quantitative estimate of drug-likeness (QED) is 0.817. The Hall–Kier alpha value is -1.21. The molecule has 1 aromatic carbocycles. The van der Waals surface area contributed by atoms with Crippen LogP contribution in [0.25, 0.3) is 10.9 Å². The van der Waals surface area contributed by atoms with Gasteiger partial charge in [-0.15, -0.1) is 0 Å². The van der Waals surface area contributed by atoms with Gasteiger partial charge in [0.05, 0.1) is 6.54 Å². The summed E-state index contributed by atoms with van der Waals surface area (Å²) in [6, 6.07) is 3.25.